The molecule has 242 valence electrons. The lowest BCUT2D eigenvalue weighted by Crippen LogP contribution is -2.33. The van der Waals surface area contributed by atoms with E-state index in [9.17, 15) is 37.3 Å². The molecule has 0 atom stereocenters. The van der Waals surface area contributed by atoms with Crippen LogP contribution in [0.4, 0.5) is 38.7 Å². The molecule has 0 spiro atoms. The average Bonchev–Trinajstić information content (AvgIpc) is 3.36. The van der Waals surface area contributed by atoms with Crippen molar-refractivity contribution in [3.05, 3.63) is 99.2 Å². The summed E-state index contributed by atoms with van der Waals surface area (Å²) in [4.78, 5) is 45.0. The predicted octanol–water partition coefficient (Wildman–Crippen LogP) is 7.07. The maximum absolute atomic E-state index is 14.8. The summed E-state index contributed by atoms with van der Waals surface area (Å²) in [6, 6.07) is 11.1. The van der Waals surface area contributed by atoms with Crippen molar-refractivity contribution in [2.75, 3.05) is 30.9 Å². The van der Waals surface area contributed by atoms with Crippen LogP contribution >= 0.6 is 11.3 Å². The van der Waals surface area contributed by atoms with Gasteiger partial charge in [0.1, 0.15) is 16.6 Å². The second-order valence-electron chi connectivity index (χ2n) is 9.83. The fourth-order valence-corrected chi connectivity index (χ4v) is 5.69. The van der Waals surface area contributed by atoms with Crippen LogP contribution in [-0.2, 0) is 17.8 Å². The van der Waals surface area contributed by atoms with E-state index in [0.717, 1.165) is 40.6 Å². The van der Waals surface area contributed by atoms with Gasteiger partial charge in [-0.05, 0) is 62.5 Å². The first-order chi connectivity index (χ1) is 21.9. The van der Waals surface area contributed by atoms with Crippen molar-refractivity contribution in [2.45, 2.75) is 26.6 Å². The number of nitro benzene ring substituents is 1. The zero-order valence-electron chi connectivity index (χ0n) is 24.6. The molecule has 0 unspecified atom stereocenters. The Morgan fingerprint density at radius 1 is 1.02 bits per heavy atom. The minimum Gasteiger partial charge on any atom is -0.449 e. The third-order valence-corrected chi connectivity index (χ3v) is 7.65. The number of halogens is 4. The summed E-state index contributed by atoms with van der Waals surface area (Å²) >= 11 is 0.941. The van der Waals surface area contributed by atoms with Gasteiger partial charge in [-0.2, -0.15) is 8.78 Å². The van der Waals surface area contributed by atoms with Gasteiger partial charge in [-0.15, -0.1) is 11.3 Å². The molecule has 1 N–H and O–H groups in total. The quantitative estimate of drug-likeness (QED) is 0.0970. The molecule has 0 saturated carbocycles. The van der Waals surface area contributed by atoms with Crippen LogP contribution in [0.5, 0.6) is 5.88 Å². The number of hydrogen-bond donors (Lipinski definition) is 1. The second kappa shape index (κ2) is 14.8. The van der Waals surface area contributed by atoms with Crippen LogP contribution in [0.25, 0.3) is 10.4 Å². The number of pyridine rings is 1. The maximum Gasteiger partial charge on any atom is 0.415 e. The highest BCUT2D eigenvalue weighted by Crippen LogP contribution is 2.44. The molecule has 4 aromatic rings. The Labute approximate surface area is 264 Å². The zero-order valence-corrected chi connectivity index (χ0v) is 25.4. The van der Waals surface area contributed by atoms with E-state index in [1.54, 1.807) is 19.0 Å². The van der Waals surface area contributed by atoms with E-state index in [4.69, 9.17) is 4.74 Å². The SMILES string of the molecule is CCOC(=O)N(Cc1c(F)cccc1F)c1sc(-c2ccc([N+](=O)[O-])cc2)c(CN(C)C)c1C(=O)Nc1ccc(OC(F)F)nc1. The maximum atomic E-state index is 14.8. The van der Waals surface area contributed by atoms with Crippen molar-refractivity contribution < 1.29 is 41.5 Å². The van der Waals surface area contributed by atoms with E-state index in [-0.39, 0.29) is 35.1 Å². The highest BCUT2D eigenvalue weighted by atomic mass is 32.1. The Morgan fingerprint density at radius 3 is 2.24 bits per heavy atom. The molecule has 16 heteroatoms. The topological polar surface area (TPSA) is 127 Å². The van der Waals surface area contributed by atoms with Crippen molar-refractivity contribution >= 4 is 39.7 Å². The molecule has 0 aliphatic heterocycles. The fourth-order valence-electron chi connectivity index (χ4n) is 4.38. The Balaban J connectivity index is 1.92. The molecule has 0 aliphatic carbocycles. The molecule has 11 nitrogen and oxygen atoms in total. The van der Waals surface area contributed by atoms with E-state index in [2.05, 4.69) is 15.0 Å². The van der Waals surface area contributed by atoms with E-state index in [0.29, 0.717) is 16.0 Å². The highest BCUT2D eigenvalue weighted by molar-refractivity contribution is 7.20. The number of nitro groups is 1. The summed E-state index contributed by atoms with van der Waals surface area (Å²) in [6.45, 7) is -2.20. The number of nitrogens with zero attached hydrogens (tertiary/aromatic N) is 4. The van der Waals surface area contributed by atoms with Gasteiger partial charge in [0, 0.05) is 35.2 Å². The molecule has 2 heterocycles. The lowest BCUT2D eigenvalue weighted by Gasteiger charge is -2.23. The number of non-ortho nitro benzene ring substituents is 1. The number of aromatic nitrogens is 1. The van der Waals surface area contributed by atoms with Gasteiger partial charge in [0.25, 0.3) is 11.6 Å². The van der Waals surface area contributed by atoms with Crippen molar-refractivity contribution in [1.82, 2.24) is 9.88 Å². The van der Waals surface area contributed by atoms with Crippen molar-refractivity contribution in [3.8, 4) is 16.3 Å². The number of anilines is 2. The van der Waals surface area contributed by atoms with Crippen LogP contribution in [0.2, 0.25) is 0 Å². The van der Waals surface area contributed by atoms with Gasteiger partial charge in [0.05, 0.1) is 35.5 Å². The Morgan fingerprint density at radius 2 is 1.70 bits per heavy atom. The summed E-state index contributed by atoms with van der Waals surface area (Å²) < 4.78 is 64.3. The summed E-state index contributed by atoms with van der Waals surface area (Å²) in [5.74, 6) is -3.03. The molecule has 46 heavy (non-hydrogen) atoms. The van der Waals surface area contributed by atoms with E-state index in [1.165, 1.54) is 43.3 Å². The normalized spacial score (nSPS) is 11.1. The second-order valence-corrected chi connectivity index (χ2v) is 10.8. The Kier molecular flexibility index (Phi) is 10.9. The van der Waals surface area contributed by atoms with Gasteiger partial charge < -0.3 is 19.7 Å². The van der Waals surface area contributed by atoms with E-state index in [1.807, 2.05) is 0 Å². The number of rotatable bonds is 12. The third kappa shape index (κ3) is 7.94. The number of ether oxygens (including phenoxy) is 2. The van der Waals surface area contributed by atoms with Gasteiger partial charge in [-0.3, -0.25) is 19.8 Å². The number of alkyl halides is 2. The summed E-state index contributed by atoms with van der Waals surface area (Å²) in [6.07, 6.45) is 0.0878. The summed E-state index contributed by atoms with van der Waals surface area (Å²) in [5, 5.41) is 13.9. The summed E-state index contributed by atoms with van der Waals surface area (Å²) in [7, 11) is 3.45. The number of carbonyl (C=O) groups is 2. The molecule has 0 bridgehead atoms. The number of thiophene rings is 1. The smallest absolute Gasteiger partial charge is 0.415 e. The van der Waals surface area contributed by atoms with Crippen LogP contribution in [-0.4, -0.2) is 54.1 Å². The van der Waals surface area contributed by atoms with Gasteiger partial charge in [0.2, 0.25) is 5.88 Å². The molecule has 2 amide bonds. The molecule has 2 aromatic heterocycles. The van der Waals surface area contributed by atoms with Gasteiger partial charge in [-0.1, -0.05) is 6.07 Å². The Hall–Kier alpha value is -5.09. The molecular weight excluding hydrogens is 634 g/mol. The minimum absolute atomic E-state index is 0.0329. The first-order valence-corrected chi connectivity index (χ1v) is 14.4. The molecule has 0 radical (unpaired) electrons. The van der Waals surface area contributed by atoms with Crippen LogP contribution in [0.3, 0.4) is 0 Å². The molecule has 4 rings (SSSR count). The highest BCUT2D eigenvalue weighted by Gasteiger charge is 2.33. The molecule has 2 aromatic carbocycles. The lowest BCUT2D eigenvalue weighted by atomic mass is 10.0. The first-order valence-electron chi connectivity index (χ1n) is 13.5. The van der Waals surface area contributed by atoms with Gasteiger partial charge >= 0.3 is 12.7 Å². The van der Waals surface area contributed by atoms with Crippen molar-refractivity contribution in [1.29, 1.82) is 0 Å². The van der Waals surface area contributed by atoms with E-state index < -0.39 is 53.2 Å². The van der Waals surface area contributed by atoms with Crippen molar-refractivity contribution in [3.63, 3.8) is 0 Å². The summed E-state index contributed by atoms with van der Waals surface area (Å²) in [5.41, 5.74) is 0.223. The number of nitrogens with one attached hydrogen (secondary N) is 1. The lowest BCUT2D eigenvalue weighted by molar-refractivity contribution is -0.384. The fraction of sp³-hybridized carbons (Fsp3) is 0.233. The molecule has 0 fully saturated rings. The van der Waals surface area contributed by atoms with Gasteiger partial charge in [-0.25, -0.2) is 18.6 Å². The monoisotopic (exact) mass is 661 g/mol. The van der Waals surface area contributed by atoms with Crippen LogP contribution in [0.1, 0.15) is 28.4 Å². The number of benzene rings is 2. The standard InChI is InChI=1S/C30H27F4N5O6S/c1-4-44-30(41)38(16-20-22(31)6-5-7-23(20)32)28-25(27(40)36-18-10-13-24(35-14-18)45-29(33)34)21(15-37(2)3)26(46-28)17-8-11-19(12-9-17)39(42)43/h5-14,29H,4,15-16H2,1-3H3,(H,36,40). The number of hydrogen-bond acceptors (Lipinski definition) is 9. The molecule has 0 saturated heterocycles. The number of amides is 2. The minimum atomic E-state index is -3.11. The molecule has 0 aliphatic rings. The van der Waals surface area contributed by atoms with E-state index >= 15 is 0 Å². The first kappa shape index (κ1) is 33.8. The third-order valence-electron chi connectivity index (χ3n) is 6.35. The van der Waals surface area contributed by atoms with Crippen LogP contribution < -0.4 is 15.0 Å². The largest absolute Gasteiger partial charge is 0.449 e. The number of carbonyl (C=O) groups excluding carboxylic acids is 2. The molecular formula is C30H27F4N5O6S. The predicted molar refractivity (Wildman–Crippen MR) is 162 cm³/mol. The van der Waals surface area contributed by atoms with Crippen LogP contribution in [0, 0.1) is 21.7 Å². The van der Waals surface area contributed by atoms with Crippen molar-refractivity contribution in [2.24, 2.45) is 0 Å². The van der Waals surface area contributed by atoms with Gasteiger partial charge in [0.15, 0.2) is 0 Å². The van der Waals surface area contributed by atoms with Crippen LogP contribution in [0.15, 0.2) is 60.8 Å². The zero-order chi connectivity index (χ0) is 33.5. The average molecular weight is 662 g/mol. The Bertz CT molecular complexity index is 1700.